The normalized spacial score (nSPS) is 12.4. The van der Waals surface area contributed by atoms with Gasteiger partial charge in [0, 0.05) is 25.0 Å². The Morgan fingerprint density at radius 2 is 1.83 bits per heavy atom. The summed E-state index contributed by atoms with van der Waals surface area (Å²) < 4.78 is 38.5. The van der Waals surface area contributed by atoms with E-state index in [9.17, 15) is 13.2 Å². The summed E-state index contributed by atoms with van der Waals surface area (Å²) in [6, 6.07) is 5.84. The molecule has 0 heterocycles. The van der Waals surface area contributed by atoms with Crippen molar-refractivity contribution in [3.8, 4) is 0 Å². The SMILES string of the molecule is CC(C)N(CCCl)Cc1ccccc1C(F)(F)F. The molecule has 0 atom stereocenters. The Morgan fingerprint density at radius 3 is 2.33 bits per heavy atom. The summed E-state index contributed by atoms with van der Waals surface area (Å²) in [5.41, 5.74) is -0.269. The van der Waals surface area contributed by atoms with Gasteiger partial charge in [0.05, 0.1) is 5.56 Å². The van der Waals surface area contributed by atoms with Crippen LogP contribution in [0.15, 0.2) is 24.3 Å². The summed E-state index contributed by atoms with van der Waals surface area (Å²) in [5.74, 6) is 0.409. The Balaban J connectivity index is 2.96. The van der Waals surface area contributed by atoms with Crippen molar-refractivity contribution in [2.75, 3.05) is 12.4 Å². The average molecular weight is 280 g/mol. The van der Waals surface area contributed by atoms with Gasteiger partial charge < -0.3 is 0 Å². The van der Waals surface area contributed by atoms with Crippen molar-refractivity contribution in [2.24, 2.45) is 0 Å². The second-order valence-electron chi connectivity index (χ2n) is 4.41. The molecule has 0 saturated carbocycles. The lowest BCUT2D eigenvalue weighted by molar-refractivity contribution is -0.138. The van der Waals surface area contributed by atoms with Gasteiger partial charge in [-0.3, -0.25) is 4.90 Å². The fourth-order valence-corrected chi connectivity index (χ4v) is 2.00. The van der Waals surface area contributed by atoms with Crippen molar-refractivity contribution in [3.63, 3.8) is 0 Å². The van der Waals surface area contributed by atoms with Crippen LogP contribution in [0, 0.1) is 0 Å². The van der Waals surface area contributed by atoms with Crippen LogP contribution in [0.5, 0.6) is 0 Å². The van der Waals surface area contributed by atoms with Crippen LogP contribution in [0.2, 0.25) is 0 Å². The van der Waals surface area contributed by atoms with Crippen LogP contribution >= 0.6 is 11.6 Å². The van der Waals surface area contributed by atoms with Gasteiger partial charge in [0.2, 0.25) is 0 Å². The third kappa shape index (κ3) is 4.18. The molecule has 0 amide bonds. The van der Waals surface area contributed by atoms with Crippen LogP contribution in [0.25, 0.3) is 0 Å². The Bertz CT molecular complexity index is 377. The van der Waals surface area contributed by atoms with Crippen LogP contribution in [-0.4, -0.2) is 23.4 Å². The lowest BCUT2D eigenvalue weighted by Crippen LogP contribution is -2.32. The molecule has 0 spiro atoms. The van der Waals surface area contributed by atoms with Crippen molar-refractivity contribution < 1.29 is 13.2 Å². The summed E-state index contributed by atoms with van der Waals surface area (Å²) in [5, 5.41) is 0. The lowest BCUT2D eigenvalue weighted by atomic mass is 10.1. The third-order valence-corrected chi connectivity index (χ3v) is 2.97. The molecule has 0 aliphatic heterocycles. The molecule has 0 aromatic heterocycles. The quantitative estimate of drug-likeness (QED) is 0.732. The van der Waals surface area contributed by atoms with E-state index in [4.69, 9.17) is 11.6 Å². The molecule has 18 heavy (non-hydrogen) atoms. The molecule has 102 valence electrons. The molecule has 0 N–H and O–H groups in total. The predicted octanol–water partition coefficient (Wildman–Crippen LogP) is 4.15. The molecular weight excluding hydrogens is 263 g/mol. The molecule has 0 radical (unpaired) electrons. The van der Waals surface area contributed by atoms with Crippen LogP contribution in [0.4, 0.5) is 13.2 Å². The highest BCUT2D eigenvalue weighted by Crippen LogP contribution is 2.32. The zero-order valence-corrected chi connectivity index (χ0v) is 11.2. The Labute approximate surface area is 111 Å². The number of rotatable bonds is 5. The largest absolute Gasteiger partial charge is 0.416 e. The van der Waals surface area contributed by atoms with E-state index in [1.165, 1.54) is 12.1 Å². The first-order valence-electron chi connectivity index (χ1n) is 5.81. The van der Waals surface area contributed by atoms with Crippen molar-refractivity contribution >= 4 is 11.6 Å². The van der Waals surface area contributed by atoms with Gasteiger partial charge in [0.25, 0.3) is 0 Å². The van der Waals surface area contributed by atoms with Crippen LogP contribution in [0.3, 0.4) is 0 Å². The van der Waals surface area contributed by atoms with E-state index in [2.05, 4.69) is 0 Å². The highest BCUT2D eigenvalue weighted by atomic mass is 35.5. The van der Waals surface area contributed by atoms with Crippen LogP contribution < -0.4 is 0 Å². The zero-order valence-electron chi connectivity index (χ0n) is 10.5. The monoisotopic (exact) mass is 279 g/mol. The number of nitrogens with zero attached hydrogens (tertiary/aromatic N) is 1. The number of benzene rings is 1. The third-order valence-electron chi connectivity index (χ3n) is 2.80. The first-order chi connectivity index (χ1) is 8.36. The van der Waals surface area contributed by atoms with E-state index < -0.39 is 11.7 Å². The van der Waals surface area contributed by atoms with Gasteiger partial charge in [0.15, 0.2) is 0 Å². The minimum atomic E-state index is -4.31. The molecular formula is C13H17ClF3N. The molecule has 0 unspecified atom stereocenters. The fraction of sp³-hybridized carbons (Fsp3) is 0.538. The Kier molecular flexibility index (Phi) is 5.47. The molecule has 5 heteroatoms. The van der Waals surface area contributed by atoms with Crippen LogP contribution in [0.1, 0.15) is 25.0 Å². The Hall–Kier alpha value is -0.740. The summed E-state index contributed by atoms with van der Waals surface area (Å²) >= 11 is 5.67. The topological polar surface area (TPSA) is 3.24 Å². The minimum Gasteiger partial charge on any atom is -0.295 e. The molecule has 0 aliphatic rings. The second kappa shape index (κ2) is 6.43. The van der Waals surface area contributed by atoms with E-state index in [1.807, 2.05) is 18.7 Å². The maximum Gasteiger partial charge on any atom is 0.416 e. The van der Waals surface area contributed by atoms with Gasteiger partial charge >= 0.3 is 6.18 Å². The van der Waals surface area contributed by atoms with Crippen LogP contribution in [-0.2, 0) is 12.7 Å². The summed E-state index contributed by atoms with van der Waals surface area (Å²) in [6.07, 6.45) is -4.31. The van der Waals surface area contributed by atoms with E-state index in [0.717, 1.165) is 6.07 Å². The van der Waals surface area contributed by atoms with E-state index in [0.29, 0.717) is 18.0 Å². The molecule has 0 bridgehead atoms. The molecule has 0 aliphatic carbocycles. The van der Waals surface area contributed by atoms with Gasteiger partial charge in [0.1, 0.15) is 0 Å². The maximum atomic E-state index is 12.8. The standard InChI is InChI=1S/C13H17ClF3N/c1-10(2)18(8-7-14)9-11-5-3-4-6-12(11)13(15,16)17/h3-6,10H,7-9H2,1-2H3. The highest BCUT2D eigenvalue weighted by Gasteiger charge is 2.33. The van der Waals surface area contributed by atoms with Gasteiger partial charge in [-0.15, -0.1) is 11.6 Å². The maximum absolute atomic E-state index is 12.8. The lowest BCUT2D eigenvalue weighted by Gasteiger charge is -2.26. The van der Waals surface area contributed by atoms with Gasteiger partial charge in [-0.25, -0.2) is 0 Å². The van der Waals surface area contributed by atoms with Crippen molar-refractivity contribution in [1.82, 2.24) is 4.90 Å². The number of halogens is 4. The summed E-state index contributed by atoms with van der Waals surface area (Å²) in [6.45, 7) is 4.73. The van der Waals surface area contributed by atoms with Crippen molar-refractivity contribution in [1.29, 1.82) is 0 Å². The molecule has 1 nitrogen and oxygen atoms in total. The van der Waals surface area contributed by atoms with Gasteiger partial charge in [-0.1, -0.05) is 18.2 Å². The average Bonchev–Trinajstić information content (AvgIpc) is 2.27. The first-order valence-corrected chi connectivity index (χ1v) is 6.34. The van der Waals surface area contributed by atoms with Gasteiger partial charge in [-0.2, -0.15) is 13.2 Å². The molecule has 0 saturated heterocycles. The molecule has 0 fully saturated rings. The van der Waals surface area contributed by atoms with Crippen molar-refractivity contribution in [2.45, 2.75) is 32.6 Å². The number of hydrogen-bond acceptors (Lipinski definition) is 1. The fourth-order valence-electron chi connectivity index (χ4n) is 1.78. The highest BCUT2D eigenvalue weighted by molar-refractivity contribution is 6.18. The molecule has 1 aromatic rings. The zero-order chi connectivity index (χ0) is 13.8. The first kappa shape index (κ1) is 15.3. The Morgan fingerprint density at radius 1 is 1.22 bits per heavy atom. The van der Waals surface area contributed by atoms with E-state index in [-0.39, 0.29) is 12.6 Å². The number of hydrogen-bond donors (Lipinski definition) is 0. The van der Waals surface area contributed by atoms with Crippen molar-refractivity contribution in [3.05, 3.63) is 35.4 Å². The molecule has 1 aromatic carbocycles. The van der Waals surface area contributed by atoms with Gasteiger partial charge in [-0.05, 0) is 25.5 Å². The smallest absolute Gasteiger partial charge is 0.295 e. The van der Waals surface area contributed by atoms with E-state index >= 15 is 0 Å². The molecule has 1 rings (SSSR count). The summed E-state index contributed by atoms with van der Waals surface area (Å²) in [7, 11) is 0. The summed E-state index contributed by atoms with van der Waals surface area (Å²) in [4.78, 5) is 1.93. The second-order valence-corrected chi connectivity index (χ2v) is 4.79. The predicted molar refractivity (Wildman–Crippen MR) is 67.7 cm³/mol. The van der Waals surface area contributed by atoms with E-state index in [1.54, 1.807) is 6.07 Å². The number of alkyl halides is 4. The minimum absolute atomic E-state index is 0.157.